The fraction of sp³-hybridized carbons (Fsp3) is 0.474. The van der Waals surface area contributed by atoms with Gasteiger partial charge in [0.25, 0.3) is 0 Å². The van der Waals surface area contributed by atoms with Crippen molar-refractivity contribution < 1.29 is 9.47 Å². The number of hydrogen-bond acceptors (Lipinski definition) is 7. The van der Waals surface area contributed by atoms with E-state index in [9.17, 15) is 0 Å². The van der Waals surface area contributed by atoms with Crippen LogP contribution in [0.1, 0.15) is 19.3 Å². The molecule has 0 spiro atoms. The number of ether oxygens (including phenoxy) is 2. The molecule has 0 amide bonds. The van der Waals surface area contributed by atoms with Gasteiger partial charge in [0, 0.05) is 31.5 Å². The van der Waals surface area contributed by atoms with E-state index in [2.05, 4.69) is 25.5 Å². The lowest BCUT2D eigenvalue weighted by atomic mass is 10.2. The van der Waals surface area contributed by atoms with Crippen molar-refractivity contribution in [2.75, 3.05) is 51.0 Å². The minimum absolute atomic E-state index is 0.530. The Morgan fingerprint density at radius 2 is 2.00 bits per heavy atom. The Morgan fingerprint density at radius 3 is 2.77 bits per heavy atom. The van der Waals surface area contributed by atoms with E-state index in [0.29, 0.717) is 12.6 Å². The normalized spacial score (nSPS) is 14.2. The zero-order valence-corrected chi connectivity index (χ0v) is 15.5. The summed E-state index contributed by atoms with van der Waals surface area (Å²) in [5, 5.41) is 6.20. The molecule has 1 fully saturated rings. The summed E-state index contributed by atoms with van der Waals surface area (Å²) in [6.45, 7) is 4.19. The van der Waals surface area contributed by atoms with Gasteiger partial charge in [-0.3, -0.25) is 0 Å². The van der Waals surface area contributed by atoms with Crippen molar-refractivity contribution in [3.63, 3.8) is 0 Å². The van der Waals surface area contributed by atoms with E-state index >= 15 is 0 Å². The highest BCUT2D eigenvalue weighted by atomic mass is 16.5. The molecule has 1 aromatic carbocycles. The smallest absolute Gasteiger partial charge is 0.229 e. The van der Waals surface area contributed by atoms with Crippen molar-refractivity contribution in [2.45, 2.75) is 19.3 Å². The molecule has 2 aromatic rings. The number of anilines is 3. The molecule has 0 unspecified atom stereocenters. The van der Waals surface area contributed by atoms with Crippen molar-refractivity contribution in [1.29, 1.82) is 0 Å². The molecule has 7 nitrogen and oxygen atoms in total. The molecule has 1 aromatic heterocycles. The average Bonchev–Trinajstić information content (AvgIpc) is 3.19. The number of benzene rings is 1. The summed E-state index contributed by atoms with van der Waals surface area (Å²) < 4.78 is 11.4. The Balaban J connectivity index is 1.59. The van der Waals surface area contributed by atoms with Gasteiger partial charge < -0.3 is 25.0 Å². The minimum Gasteiger partial charge on any atom is -0.493 e. The molecule has 1 aliphatic rings. The minimum atomic E-state index is 0.530. The third kappa shape index (κ3) is 4.98. The standard InChI is InChI=1S/C19H27N5O2/c1-20-18-8-9-21-19(23-18)22-15-6-7-16(25-2)17(14-15)26-13-5-12-24-10-3-4-11-24/h6-9,14H,3-5,10-13H2,1-2H3,(H2,20,21,22,23). The second-order valence-corrected chi connectivity index (χ2v) is 6.26. The topological polar surface area (TPSA) is 71.5 Å². The van der Waals surface area contributed by atoms with Crippen LogP contribution >= 0.6 is 0 Å². The van der Waals surface area contributed by atoms with Gasteiger partial charge in [0.15, 0.2) is 11.5 Å². The lowest BCUT2D eigenvalue weighted by Gasteiger charge is -2.16. The molecule has 0 bridgehead atoms. The maximum Gasteiger partial charge on any atom is 0.229 e. The van der Waals surface area contributed by atoms with Crippen molar-refractivity contribution in [1.82, 2.24) is 14.9 Å². The third-order valence-electron chi connectivity index (χ3n) is 4.41. The zero-order valence-electron chi connectivity index (χ0n) is 15.5. The van der Waals surface area contributed by atoms with Crippen LogP contribution in [0.4, 0.5) is 17.5 Å². The molecule has 7 heteroatoms. The summed E-state index contributed by atoms with van der Waals surface area (Å²) in [7, 11) is 3.48. The van der Waals surface area contributed by atoms with Gasteiger partial charge in [-0.15, -0.1) is 0 Å². The lowest BCUT2D eigenvalue weighted by molar-refractivity contribution is 0.254. The fourth-order valence-electron chi connectivity index (χ4n) is 3.03. The number of rotatable bonds is 9. The first-order chi connectivity index (χ1) is 12.8. The van der Waals surface area contributed by atoms with E-state index in [0.717, 1.165) is 36.0 Å². The number of aromatic nitrogens is 2. The van der Waals surface area contributed by atoms with Gasteiger partial charge in [-0.2, -0.15) is 4.98 Å². The number of likely N-dealkylation sites (tertiary alicyclic amines) is 1. The van der Waals surface area contributed by atoms with Gasteiger partial charge in [-0.25, -0.2) is 4.98 Å². The lowest BCUT2D eigenvalue weighted by Crippen LogP contribution is -2.21. The van der Waals surface area contributed by atoms with Crippen molar-refractivity contribution in [2.24, 2.45) is 0 Å². The quantitative estimate of drug-likeness (QED) is 0.668. The van der Waals surface area contributed by atoms with Crippen LogP contribution < -0.4 is 20.1 Å². The van der Waals surface area contributed by atoms with Crippen molar-refractivity contribution >= 4 is 17.5 Å². The Bertz CT molecular complexity index is 704. The molecule has 2 heterocycles. The molecule has 2 N–H and O–H groups in total. The molecule has 0 atom stereocenters. The maximum absolute atomic E-state index is 5.97. The molecular formula is C19H27N5O2. The van der Waals surface area contributed by atoms with E-state index < -0.39 is 0 Å². The molecule has 0 radical (unpaired) electrons. The number of nitrogens with zero attached hydrogens (tertiary/aromatic N) is 3. The molecule has 26 heavy (non-hydrogen) atoms. The number of hydrogen-bond donors (Lipinski definition) is 2. The summed E-state index contributed by atoms with van der Waals surface area (Å²) in [6, 6.07) is 7.55. The Hall–Kier alpha value is -2.54. The first-order valence-corrected chi connectivity index (χ1v) is 9.09. The molecule has 1 saturated heterocycles. The predicted octanol–water partition coefficient (Wildman–Crippen LogP) is 3.14. The van der Waals surface area contributed by atoms with Crippen LogP contribution in [0.15, 0.2) is 30.5 Å². The number of methoxy groups -OCH3 is 1. The maximum atomic E-state index is 5.97. The van der Waals surface area contributed by atoms with Gasteiger partial charge >= 0.3 is 0 Å². The van der Waals surface area contributed by atoms with Crippen molar-refractivity contribution in [3.05, 3.63) is 30.5 Å². The molecular weight excluding hydrogens is 330 g/mol. The fourth-order valence-corrected chi connectivity index (χ4v) is 3.03. The second kappa shape index (κ2) is 9.24. The van der Waals surface area contributed by atoms with Crippen LogP contribution in [-0.2, 0) is 0 Å². The van der Waals surface area contributed by atoms with Crippen LogP contribution in [0.2, 0.25) is 0 Å². The summed E-state index contributed by atoms with van der Waals surface area (Å²) >= 11 is 0. The van der Waals surface area contributed by atoms with Gasteiger partial charge in [-0.1, -0.05) is 0 Å². The Morgan fingerprint density at radius 1 is 1.15 bits per heavy atom. The van der Waals surface area contributed by atoms with E-state index in [1.165, 1.54) is 25.9 Å². The van der Waals surface area contributed by atoms with E-state index in [-0.39, 0.29) is 0 Å². The molecule has 0 aliphatic carbocycles. The molecule has 140 valence electrons. The second-order valence-electron chi connectivity index (χ2n) is 6.26. The van der Waals surface area contributed by atoms with Gasteiger partial charge in [0.05, 0.1) is 13.7 Å². The summed E-state index contributed by atoms with van der Waals surface area (Å²) in [6.07, 6.45) is 5.35. The molecule has 1 aliphatic heterocycles. The summed E-state index contributed by atoms with van der Waals surface area (Å²) in [5.74, 6) is 2.74. The average molecular weight is 357 g/mol. The summed E-state index contributed by atoms with van der Waals surface area (Å²) in [4.78, 5) is 11.1. The summed E-state index contributed by atoms with van der Waals surface area (Å²) in [5.41, 5.74) is 0.855. The first-order valence-electron chi connectivity index (χ1n) is 9.09. The van der Waals surface area contributed by atoms with Gasteiger partial charge in [0.2, 0.25) is 5.95 Å². The highest BCUT2D eigenvalue weighted by molar-refractivity contribution is 5.60. The van der Waals surface area contributed by atoms with Crippen LogP contribution in [0, 0.1) is 0 Å². The SMILES string of the molecule is CNc1ccnc(Nc2ccc(OC)c(OCCCN3CCCC3)c2)n1. The van der Waals surface area contributed by atoms with E-state index in [1.807, 2.05) is 31.3 Å². The van der Waals surface area contributed by atoms with Gasteiger partial charge in [-0.05, 0) is 50.6 Å². The third-order valence-corrected chi connectivity index (χ3v) is 4.41. The van der Waals surface area contributed by atoms with Crippen LogP contribution in [0.5, 0.6) is 11.5 Å². The highest BCUT2D eigenvalue weighted by Crippen LogP contribution is 2.31. The van der Waals surface area contributed by atoms with E-state index in [1.54, 1.807) is 13.3 Å². The largest absolute Gasteiger partial charge is 0.493 e. The monoisotopic (exact) mass is 357 g/mol. The van der Waals surface area contributed by atoms with Crippen LogP contribution in [-0.4, -0.2) is 55.3 Å². The van der Waals surface area contributed by atoms with Crippen LogP contribution in [0.25, 0.3) is 0 Å². The zero-order chi connectivity index (χ0) is 18.2. The number of nitrogens with one attached hydrogen (secondary N) is 2. The molecule has 3 rings (SSSR count). The van der Waals surface area contributed by atoms with E-state index in [4.69, 9.17) is 9.47 Å². The first kappa shape index (κ1) is 18.3. The Labute approximate surface area is 154 Å². The van der Waals surface area contributed by atoms with Gasteiger partial charge in [0.1, 0.15) is 5.82 Å². The predicted molar refractivity (Wildman–Crippen MR) is 104 cm³/mol. The van der Waals surface area contributed by atoms with Crippen LogP contribution in [0.3, 0.4) is 0 Å². The highest BCUT2D eigenvalue weighted by Gasteiger charge is 2.11. The van der Waals surface area contributed by atoms with Crippen molar-refractivity contribution in [3.8, 4) is 11.5 Å². The Kier molecular flexibility index (Phi) is 6.49. The molecule has 0 saturated carbocycles.